The number of aliphatic hydroxyl groups is 4. The van der Waals surface area contributed by atoms with Gasteiger partial charge in [0.1, 0.15) is 11.9 Å². The molecule has 324 valence electrons. The fourth-order valence-corrected chi connectivity index (χ4v) is 9.59. The van der Waals surface area contributed by atoms with Gasteiger partial charge in [0, 0.05) is 46.1 Å². The summed E-state index contributed by atoms with van der Waals surface area (Å²) in [5.41, 5.74) is 1.69. The maximum absolute atomic E-state index is 14.3. The highest BCUT2D eigenvalue weighted by atomic mass is 16.7. The first-order valence-electron chi connectivity index (χ1n) is 21.0. The molecular weight excluding hydrogens is 734 g/mol. The number of Topliss-reactive ketones (excluding diaryl/α,β-unsaturated/α-hetero) is 1. The van der Waals surface area contributed by atoms with Crippen LogP contribution in [0.4, 0.5) is 0 Å². The molecule has 57 heavy (non-hydrogen) atoms. The normalized spacial score (nSPS) is 42.2. The van der Waals surface area contributed by atoms with E-state index in [2.05, 4.69) is 13.5 Å². The number of hydrogen-bond acceptors (Lipinski definition) is 11. The summed E-state index contributed by atoms with van der Waals surface area (Å²) in [5.74, 6) is -5.57. The number of carbonyl (C=O) groups is 2. The van der Waals surface area contributed by atoms with Gasteiger partial charge in [-0.3, -0.25) is 9.59 Å². The van der Waals surface area contributed by atoms with Gasteiger partial charge in [-0.15, -0.1) is 6.58 Å². The molecule has 0 spiro atoms. The molecule has 1 amide bonds. The lowest BCUT2D eigenvalue weighted by Crippen LogP contribution is -2.66. The largest absolute Gasteiger partial charge is 0.506 e. The lowest BCUT2D eigenvalue weighted by atomic mass is 9.81. The zero-order valence-corrected chi connectivity index (χ0v) is 35.5. The Balaban J connectivity index is 1.77. The van der Waals surface area contributed by atoms with E-state index in [4.69, 9.17) is 23.7 Å². The Hall–Kier alpha value is -2.49. The molecule has 15 atom stereocenters. The van der Waals surface area contributed by atoms with Crippen LogP contribution in [0.5, 0.6) is 0 Å². The summed E-state index contributed by atoms with van der Waals surface area (Å²) < 4.78 is 30.1. The van der Waals surface area contributed by atoms with Gasteiger partial charge in [0.25, 0.3) is 5.91 Å². The number of amides is 1. The van der Waals surface area contributed by atoms with Crippen LogP contribution in [0.25, 0.3) is 0 Å². The molecule has 13 nitrogen and oxygen atoms in total. The van der Waals surface area contributed by atoms with Crippen LogP contribution >= 0.6 is 0 Å². The zero-order valence-electron chi connectivity index (χ0n) is 35.5. The number of ether oxygens (including phenoxy) is 5. The molecule has 1 aliphatic carbocycles. The van der Waals surface area contributed by atoms with Crippen molar-refractivity contribution in [3.05, 3.63) is 36.0 Å². The summed E-state index contributed by atoms with van der Waals surface area (Å²) in [4.78, 5) is 41.4. The minimum atomic E-state index is -2.30. The number of aliphatic hydroxyl groups excluding tert-OH is 3. The highest BCUT2D eigenvalue weighted by molar-refractivity contribution is 5.88. The third-order valence-corrected chi connectivity index (χ3v) is 13.1. The van der Waals surface area contributed by atoms with Crippen LogP contribution in [-0.4, -0.2) is 136 Å². The highest BCUT2D eigenvalue weighted by Crippen LogP contribution is 2.40. The van der Waals surface area contributed by atoms with Gasteiger partial charge in [-0.2, -0.15) is 0 Å². The number of piperidine rings is 1. The average molecular weight is 807 g/mol. The first-order chi connectivity index (χ1) is 27.0. The quantitative estimate of drug-likeness (QED) is 0.162. The zero-order chi connectivity index (χ0) is 42.2. The van der Waals surface area contributed by atoms with Gasteiger partial charge in [-0.05, 0) is 95.5 Å². The molecule has 3 aliphatic heterocycles. The Kier molecular flexibility index (Phi) is 17.5. The van der Waals surface area contributed by atoms with Gasteiger partial charge in [-0.1, -0.05) is 44.6 Å². The van der Waals surface area contributed by atoms with Crippen molar-refractivity contribution in [1.29, 1.82) is 0 Å². The molecule has 13 heteroatoms. The molecule has 3 heterocycles. The topological polar surface area (TPSA) is 186 Å². The third-order valence-electron chi connectivity index (χ3n) is 13.1. The van der Waals surface area contributed by atoms with E-state index in [1.807, 2.05) is 26.0 Å². The lowest BCUT2D eigenvalue weighted by Gasteiger charge is -2.49. The van der Waals surface area contributed by atoms with Crippen LogP contribution in [0.3, 0.4) is 0 Å². The summed E-state index contributed by atoms with van der Waals surface area (Å²) >= 11 is 0. The molecule has 1 unspecified atom stereocenters. The van der Waals surface area contributed by atoms with Gasteiger partial charge in [0.15, 0.2) is 12.1 Å². The lowest BCUT2D eigenvalue weighted by molar-refractivity contribution is -0.346. The van der Waals surface area contributed by atoms with Gasteiger partial charge in [0.05, 0.1) is 36.4 Å². The van der Waals surface area contributed by atoms with E-state index in [1.165, 1.54) is 4.90 Å². The Bertz CT molecular complexity index is 1430. The minimum absolute atomic E-state index is 0.0213. The predicted octanol–water partition coefficient (Wildman–Crippen LogP) is 4.41. The number of hydrogen-bond donors (Lipinski definition) is 4. The predicted molar refractivity (Wildman–Crippen MR) is 216 cm³/mol. The fourth-order valence-electron chi connectivity index (χ4n) is 9.59. The van der Waals surface area contributed by atoms with Crippen LogP contribution in [0, 0.1) is 29.6 Å². The molecule has 4 aliphatic rings. The van der Waals surface area contributed by atoms with Crippen LogP contribution in [0.2, 0.25) is 0 Å². The summed E-state index contributed by atoms with van der Waals surface area (Å²) in [6.45, 7) is 13.4. The van der Waals surface area contributed by atoms with E-state index in [-0.39, 0.29) is 43.1 Å². The van der Waals surface area contributed by atoms with Gasteiger partial charge in [-0.25, -0.2) is 0 Å². The van der Waals surface area contributed by atoms with Crippen LogP contribution in [-0.2, 0) is 33.3 Å². The van der Waals surface area contributed by atoms with Crippen LogP contribution in [0.1, 0.15) is 105 Å². The number of carbonyl (C=O) groups excluding carboxylic acids is 3. The smallest absolute Gasteiger partial charge is 0.392 e. The van der Waals surface area contributed by atoms with E-state index >= 15 is 0 Å². The second-order valence-corrected chi connectivity index (χ2v) is 17.5. The maximum atomic E-state index is 14.3. The standard InChI is InChI=1S/C44H71NO12/c1-10-13-31-19-25(2)18-26(3)20-37(54-8)40-38(55-9)22-28(5)44(52,57-40)41(49)42(50)45-17-12-11-14-32(45)43(51)56-39(29(6)34(47)24-35(31)48)27(4)21-30-15-16-33(46)36(23-30)53-7/h10,19,21,26,28-34,36-41,46-47,49,52H,1,11-18,20,22-24H2,2-9H3/p+1/b25-19+,27-21+/t26-,28+,29+,30-,31+,32-,33+,34-,36+,37-,38-,39+,40+,41?,44+/m0/s1. The van der Waals surface area contributed by atoms with Gasteiger partial charge in [0.2, 0.25) is 11.9 Å². The summed E-state index contributed by atoms with van der Waals surface area (Å²) in [7, 11) is 4.68. The van der Waals surface area contributed by atoms with Crippen molar-refractivity contribution in [2.75, 3.05) is 27.9 Å². The van der Waals surface area contributed by atoms with Crippen LogP contribution < -0.4 is 0 Å². The average Bonchev–Trinajstić information content (AvgIpc) is 3.18. The van der Waals surface area contributed by atoms with E-state index in [1.54, 1.807) is 41.3 Å². The second-order valence-electron chi connectivity index (χ2n) is 17.5. The van der Waals surface area contributed by atoms with Gasteiger partial charge < -0.3 is 53.8 Å². The van der Waals surface area contributed by atoms with Crippen molar-refractivity contribution in [3.8, 4) is 0 Å². The Morgan fingerprint density at radius 1 is 0.965 bits per heavy atom. The molecule has 0 aromatic heterocycles. The summed E-state index contributed by atoms with van der Waals surface area (Å²) in [5, 5.41) is 46.1. The molecule has 2 saturated heterocycles. The van der Waals surface area contributed by atoms with Crippen molar-refractivity contribution in [2.24, 2.45) is 29.6 Å². The molecule has 3 fully saturated rings. The number of esters is 1. The first-order valence-corrected chi connectivity index (χ1v) is 21.0. The van der Waals surface area contributed by atoms with E-state index in [9.17, 15) is 34.8 Å². The number of methoxy groups -OCH3 is 3. The molecule has 4 rings (SSSR count). The number of ketones is 1. The highest BCUT2D eigenvalue weighted by Gasteiger charge is 2.57. The molecule has 0 aromatic carbocycles. The molecule has 0 radical (unpaired) electrons. The SMILES string of the molecule is C=CC[C@@H]1/C=C(\C)C[C@H](C)C[C@H](OC)[C@H]2O[C@@](O)(C(O)C(=O)N3CCCC[C@H]3C(=[OH+])O[C@H](/C(C)=C/[C@@H]3CC[C@@H](O)[C@H](OC)C3)[C@H](C)[C@@H](O)CC1=O)[C@H](C)C[C@@H]2OC. The number of nitrogens with zero attached hydrogens (tertiary/aromatic N) is 1. The van der Waals surface area contributed by atoms with E-state index in [0.29, 0.717) is 63.4 Å². The maximum Gasteiger partial charge on any atom is 0.506 e. The van der Waals surface area contributed by atoms with Crippen molar-refractivity contribution < 1.29 is 58.5 Å². The Morgan fingerprint density at radius 2 is 1.63 bits per heavy atom. The number of fused-ring (bicyclic) bond motifs is 3. The molecular formula is C44H72NO12+. The summed E-state index contributed by atoms with van der Waals surface area (Å²) in [6.07, 6.45) is 3.85. The fraction of sp³-hybridized carbons (Fsp3) is 0.795. The summed E-state index contributed by atoms with van der Waals surface area (Å²) in [6, 6.07) is -0.971. The third kappa shape index (κ3) is 11.4. The van der Waals surface area contributed by atoms with Gasteiger partial charge >= 0.3 is 5.97 Å². The van der Waals surface area contributed by atoms with Crippen molar-refractivity contribution in [2.45, 2.75) is 166 Å². The Labute approximate surface area is 339 Å². The monoisotopic (exact) mass is 807 g/mol. The number of allylic oxidation sites excluding steroid dienone is 4. The minimum Gasteiger partial charge on any atom is -0.392 e. The Morgan fingerprint density at radius 3 is 2.28 bits per heavy atom. The number of rotatable bonds is 7. The van der Waals surface area contributed by atoms with E-state index < -0.39 is 84.2 Å². The van der Waals surface area contributed by atoms with E-state index in [0.717, 1.165) is 5.57 Å². The first kappa shape index (κ1) is 47.2. The van der Waals surface area contributed by atoms with Crippen molar-refractivity contribution >= 4 is 17.7 Å². The molecule has 5 N–H and O–H groups in total. The molecule has 1 saturated carbocycles. The van der Waals surface area contributed by atoms with Crippen molar-refractivity contribution in [1.82, 2.24) is 4.90 Å². The van der Waals surface area contributed by atoms with Crippen LogP contribution in [0.15, 0.2) is 36.0 Å². The number of cyclic esters (lactones) is 1. The van der Waals surface area contributed by atoms with Crippen molar-refractivity contribution in [3.63, 3.8) is 0 Å². The second kappa shape index (κ2) is 21.2. The molecule has 0 aromatic rings. The molecule has 2 bridgehead atoms.